The summed E-state index contributed by atoms with van der Waals surface area (Å²) in [4.78, 5) is 34.9. The highest BCUT2D eigenvalue weighted by atomic mass is 31.2. The SMILES string of the molecule is CCCCC/C=C\C[C@@H](O)[C@H](O)CCCCCCCC(=O)OC[C@H](COP(=O)(O)OC[C@@H](O)CO)OC(=O)CCCCCCCCCCCC(C)C. The Labute approximate surface area is 314 Å². The molecule has 13 heteroatoms. The minimum atomic E-state index is -4.64. The van der Waals surface area contributed by atoms with Crippen LogP contribution in [0.3, 0.4) is 0 Å². The smallest absolute Gasteiger partial charge is 0.462 e. The summed E-state index contributed by atoms with van der Waals surface area (Å²) in [7, 11) is -4.64. The average Bonchev–Trinajstić information content (AvgIpc) is 3.11. The largest absolute Gasteiger partial charge is 0.472 e. The van der Waals surface area contributed by atoms with E-state index in [9.17, 15) is 34.4 Å². The third kappa shape index (κ3) is 33.2. The maximum atomic E-state index is 12.6. The molecule has 0 fully saturated rings. The standard InChI is InChI=1S/C39H75O12P/c1-4-5-6-7-15-20-25-36(42)37(43)26-21-16-13-18-22-27-38(44)48-31-35(32-50-52(46,47)49-30-34(41)29-40)51-39(45)28-23-17-12-10-8-9-11-14-19-24-33(2)3/h15,20,33-37,40-43H,4-14,16-19,21-32H2,1-3H3,(H,46,47)/b20-15-/t34-,35+,36+,37+/m0/s1. The van der Waals surface area contributed by atoms with E-state index in [0.29, 0.717) is 25.7 Å². The van der Waals surface area contributed by atoms with Gasteiger partial charge >= 0.3 is 19.8 Å². The number of esters is 2. The maximum Gasteiger partial charge on any atom is 0.472 e. The number of carbonyl (C=O) groups is 2. The van der Waals surface area contributed by atoms with Crippen molar-refractivity contribution in [2.75, 3.05) is 26.4 Å². The van der Waals surface area contributed by atoms with Crippen molar-refractivity contribution in [1.29, 1.82) is 0 Å². The van der Waals surface area contributed by atoms with Crippen LogP contribution >= 0.6 is 7.82 Å². The van der Waals surface area contributed by atoms with Crippen LogP contribution in [0.15, 0.2) is 12.2 Å². The molecule has 0 rings (SSSR count). The number of rotatable bonds is 37. The van der Waals surface area contributed by atoms with Crippen LogP contribution in [0.4, 0.5) is 0 Å². The van der Waals surface area contributed by atoms with Crippen LogP contribution in [0.2, 0.25) is 0 Å². The van der Waals surface area contributed by atoms with E-state index in [1.807, 2.05) is 6.08 Å². The molecule has 0 bridgehead atoms. The molecule has 0 aromatic carbocycles. The molecule has 0 amide bonds. The van der Waals surface area contributed by atoms with Gasteiger partial charge in [0.05, 0.1) is 32.0 Å². The number of hydrogen-bond donors (Lipinski definition) is 5. The number of hydrogen-bond acceptors (Lipinski definition) is 11. The molecule has 0 aliphatic carbocycles. The quantitative estimate of drug-likeness (QED) is 0.0178. The second kappa shape index (κ2) is 34.1. The topological polar surface area (TPSA) is 189 Å². The van der Waals surface area contributed by atoms with E-state index >= 15 is 0 Å². The monoisotopic (exact) mass is 766 g/mol. The molecular weight excluding hydrogens is 691 g/mol. The highest BCUT2D eigenvalue weighted by Crippen LogP contribution is 2.43. The van der Waals surface area contributed by atoms with Crippen LogP contribution in [-0.2, 0) is 32.7 Å². The summed E-state index contributed by atoms with van der Waals surface area (Å²) in [5.41, 5.74) is 0. The molecule has 0 heterocycles. The summed E-state index contributed by atoms with van der Waals surface area (Å²) >= 11 is 0. The fourth-order valence-electron chi connectivity index (χ4n) is 5.49. The van der Waals surface area contributed by atoms with E-state index in [2.05, 4.69) is 31.4 Å². The number of unbranched alkanes of at least 4 members (excludes halogenated alkanes) is 15. The molecule has 0 saturated carbocycles. The fraction of sp³-hybridized carbons (Fsp3) is 0.897. The zero-order valence-corrected chi connectivity index (χ0v) is 33.6. The van der Waals surface area contributed by atoms with Gasteiger partial charge in [-0.3, -0.25) is 18.6 Å². The van der Waals surface area contributed by atoms with Gasteiger partial charge in [0.2, 0.25) is 0 Å². The Morgan fingerprint density at radius 3 is 1.77 bits per heavy atom. The first-order chi connectivity index (χ1) is 24.9. The highest BCUT2D eigenvalue weighted by Gasteiger charge is 2.27. The number of phosphoric ester groups is 1. The van der Waals surface area contributed by atoms with E-state index in [0.717, 1.165) is 63.7 Å². The van der Waals surface area contributed by atoms with Gasteiger partial charge < -0.3 is 34.8 Å². The van der Waals surface area contributed by atoms with E-state index in [-0.39, 0.29) is 19.4 Å². The molecule has 0 saturated heterocycles. The predicted molar refractivity (Wildman–Crippen MR) is 204 cm³/mol. The van der Waals surface area contributed by atoms with Crippen molar-refractivity contribution in [3.05, 3.63) is 12.2 Å². The number of aliphatic hydroxyl groups excluding tert-OH is 4. The van der Waals surface area contributed by atoms with Crippen molar-refractivity contribution in [3.63, 3.8) is 0 Å². The Morgan fingerprint density at radius 1 is 0.654 bits per heavy atom. The third-order valence-electron chi connectivity index (χ3n) is 8.80. The Kier molecular flexibility index (Phi) is 33.2. The number of phosphoric acid groups is 1. The van der Waals surface area contributed by atoms with E-state index in [4.69, 9.17) is 19.1 Å². The zero-order chi connectivity index (χ0) is 38.9. The Bertz CT molecular complexity index is 931. The summed E-state index contributed by atoms with van der Waals surface area (Å²) in [5.74, 6) is -0.274. The van der Waals surface area contributed by atoms with Crippen LogP contribution in [-0.4, -0.2) is 88.1 Å². The van der Waals surface area contributed by atoms with Gasteiger partial charge in [0, 0.05) is 12.8 Å². The van der Waals surface area contributed by atoms with Crippen molar-refractivity contribution in [3.8, 4) is 0 Å². The molecule has 0 aromatic heterocycles. The lowest BCUT2D eigenvalue weighted by Crippen LogP contribution is -2.29. The molecule has 0 spiro atoms. The van der Waals surface area contributed by atoms with Gasteiger partial charge in [-0.15, -0.1) is 0 Å². The van der Waals surface area contributed by atoms with E-state index < -0.39 is 64.0 Å². The molecule has 308 valence electrons. The van der Waals surface area contributed by atoms with Gasteiger partial charge in [0.15, 0.2) is 6.10 Å². The lowest BCUT2D eigenvalue weighted by Gasteiger charge is -2.20. The van der Waals surface area contributed by atoms with Gasteiger partial charge in [-0.05, 0) is 44.4 Å². The first-order valence-electron chi connectivity index (χ1n) is 20.2. The third-order valence-corrected chi connectivity index (χ3v) is 9.75. The van der Waals surface area contributed by atoms with Crippen molar-refractivity contribution < 1.29 is 58.0 Å². The lowest BCUT2D eigenvalue weighted by atomic mass is 10.0. The molecule has 0 aliphatic heterocycles. The summed E-state index contributed by atoms with van der Waals surface area (Å²) in [5, 5.41) is 38.7. The van der Waals surface area contributed by atoms with Crippen molar-refractivity contribution in [2.45, 2.75) is 193 Å². The van der Waals surface area contributed by atoms with Crippen molar-refractivity contribution in [2.24, 2.45) is 5.92 Å². The summed E-state index contributed by atoms with van der Waals surface area (Å²) < 4.78 is 32.5. The van der Waals surface area contributed by atoms with Crippen LogP contribution in [0.5, 0.6) is 0 Å². The summed E-state index contributed by atoms with van der Waals surface area (Å²) in [6.07, 6.45) is 20.8. The maximum absolute atomic E-state index is 12.6. The molecule has 12 nitrogen and oxygen atoms in total. The van der Waals surface area contributed by atoms with Gasteiger partial charge in [0.1, 0.15) is 12.7 Å². The molecular formula is C39H75O12P. The lowest BCUT2D eigenvalue weighted by molar-refractivity contribution is -0.161. The van der Waals surface area contributed by atoms with Crippen LogP contribution in [0, 0.1) is 5.92 Å². The predicted octanol–water partition coefficient (Wildman–Crippen LogP) is 7.85. The van der Waals surface area contributed by atoms with Crippen LogP contribution < -0.4 is 0 Å². The van der Waals surface area contributed by atoms with Crippen LogP contribution in [0.1, 0.15) is 168 Å². The Morgan fingerprint density at radius 2 is 1.19 bits per heavy atom. The second-order valence-corrected chi connectivity index (χ2v) is 15.9. The molecule has 52 heavy (non-hydrogen) atoms. The minimum absolute atomic E-state index is 0.145. The normalized spacial score (nSPS) is 15.4. The molecule has 0 aliphatic rings. The van der Waals surface area contributed by atoms with E-state index in [1.54, 1.807) is 0 Å². The molecule has 5 atom stereocenters. The number of aliphatic hydroxyl groups is 4. The molecule has 5 N–H and O–H groups in total. The van der Waals surface area contributed by atoms with Crippen LogP contribution in [0.25, 0.3) is 0 Å². The van der Waals surface area contributed by atoms with Gasteiger partial charge in [-0.25, -0.2) is 4.57 Å². The summed E-state index contributed by atoms with van der Waals surface area (Å²) in [6, 6.07) is 0. The van der Waals surface area contributed by atoms with Crippen molar-refractivity contribution >= 4 is 19.8 Å². The number of ether oxygens (including phenoxy) is 2. The average molecular weight is 767 g/mol. The first kappa shape index (κ1) is 50.6. The Balaban J connectivity index is 4.44. The molecule has 0 radical (unpaired) electrons. The number of allylic oxidation sites excluding steroid dienone is 1. The van der Waals surface area contributed by atoms with Crippen molar-refractivity contribution in [1.82, 2.24) is 0 Å². The highest BCUT2D eigenvalue weighted by molar-refractivity contribution is 7.47. The molecule has 0 aromatic rings. The van der Waals surface area contributed by atoms with Gasteiger partial charge in [0.25, 0.3) is 0 Å². The summed E-state index contributed by atoms with van der Waals surface area (Å²) in [6.45, 7) is 4.42. The molecule has 1 unspecified atom stereocenters. The number of carbonyl (C=O) groups excluding carboxylic acids is 2. The van der Waals surface area contributed by atoms with E-state index in [1.165, 1.54) is 51.4 Å². The fourth-order valence-corrected chi connectivity index (χ4v) is 6.28. The van der Waals surface area contributed by atoms with Gasteiger partial charge in [-0.2, -0.15) is 0 Å². The Hall–Kier alpha value is -1.37. The minimum Gasteiger partial charge on any atom is -0.462 e. The first-order valence-corrected chi connectivity index (χ1v) is 21.7. The second-order valence-electron chi connectivity index (χ2n) is 14.4. The van der Waals surface area contributed by atoms with Gasteiger partial charge in [-0.1, -0.05) is 129 Å². The zero-order valence-electron chi connectivity index (χ0n) is 32.7.